The molecule has 0 aliphatic carbocycles. The number of thiophene rings is 1. The zero-order valence-corrected chi connectivity index (χ0v) is 10.4. The molecule has 0 aliphatic heterocycles. The SMILES string of the molecule is CNc1ccc(N(C)Cc2cccs2)cc1. The van der Waals surface area contributed by atoms with E-state index in [1.54, 1.807) is 11.3 Å². The quantitative estimate of drug-likeness (QED) is 0.869. The first-order valence-corrected chi connectivity index (χ1v) is 6.19. The average Bonchev–Trinajstić information content (AvgIpc) is 2.82. The maximum absolute atomic E-state index is 3.12. The number of nitrogens with zero attached hydrogens (tertiary/aromatic N) is 1. The molecule has 0 bridgehead atoms. The number of benzene rings is 1. The lowest BCUT2D eigenvalue weighted by atomic mass is 10.2. The van der Waals surface area contributed by atoms with Crippen molar-refractivity contribution in [2.45, 2.75) is 6.54 Å². The van der Waals surface area contributed by atoms with Crippen molar-refractivity contribution < 1.29 is 0 Å². The third-order valence-electron chi connectivity index (χ3n) is 2.57. The third-order valence-corrected chi connectivity index (χ3v) is 3.43. The second-order valence-electron chi connectivity index (χ2n) is 3.73. The van der Waals surface area contributed by atoms with Gasteiger partial charge in [-0.05, 0) is 35.7 Å². The van der Waals surface area contributed by atoms with Crippen molar-refractivity contribution in [2.75, 3.05) is 24.3 Å². The maximum atomic E-state index is 3.12. The number of hydrogen-bond donors (Lipinski definition) is 1. The summed E-state index contributed by atoms with van der Waals surface area (Å²) in [6.45, 7) is 0.969. The molecule has 1 N–H and O–H groups in total. The molecule has 2 aromatic rings. The van der Waals surface area contributed by atoms with Gasteiger partial charge in [0.25, 0.3) is 0 Å². The van der Waals surface area contributed by atoms with Crippen LogP contribution < -0.4 is 10.2 Å². The second kappa shape index (κ2) is 5.03. The van der Waals surface area contributed by atoms with Crippen LogP contribution in [0.15, 0.2) is 41.8 Å². The normalized spacial score (nSPS) is 10.1. The third kappa shape index (κ3) is 2.55. The summed E-state index contributed by atoms with van der Waals surface area (Å²) in [6, 6.07) is 12.7. The molecule has 0 saturated carbocycles. The van der Waals surface area contributed by atoms with Gasteiger partial charge >= 0.3 is 0 Å². The van der Waals surface area contributed by atoms with Gasteiger partial charge in [0.15, 0.2) is 0 Å². The fourth-order valence-corrected chi connectivity index (χ4v) is 2.37. The Hall–Kier alpha value is -1.48. The Morgan fingerprint density at radius 1 is 1.19 bits per heavy atom. The van der Waals surface area contributed by atoms with E-state index in [1.807, 2.05) is 7.05 Å². The summed E-state index contributed by atoms with van der Waals surface area (Å²) in [4.78, 5) is 3.64. The first-order chi connectivity index (χ1) is 7.79. The van der Waals surface area contributed by atoms with Gasteiger partial charge in [0.2, 0.25) is 0 Å². The van der Waals surface area contributed by atoms with Crippen LogP contribution in [0.1, 0.15) is 4.88 Å². The molecule has 2 rings (SSSR count). The van der Waals surface area contributed by atoms with E-state index >= 15 is 0 Å². The highest BCUT2D eigenvalue weighted by molar-refractivity contribution is 7.09. The molecule has 3 heteroatoms. The molecular formula is C13H16N2S. The van der Waals surface area contributed by atoms with Gasteiger partial charge in [-0.3, -0.25) is 0 Å². The largest absolute Gasteiger partial charge is 0.388 e. The summed E-state index contributed by atoms with van der Waals surface area (Å²) < 4.78 is 0. The van der Waals surface area contributed by atoms with Crippen LogP contribution in [-0.4, -0.2) is 14.1 Å². The molecule has 0 saturated heterocycles. The van der Waals surface area contributed by atoms with E-state index in [0.29, 0.717) is 0 Å². The van der Waals surface area contributed by atoms with Gasteiger partial charge in [0.05, 0.1) is 6.54 Å². The Labute approximate surface area is 101 Å². The van der Waals surface area contributed by atoms with Crippen molar-refractivity contribution in [3.63, 3.8) is 0 Å². The second-order valence-corrected chi connectivity index (χ2v) is 4.76. The van der Waals surface area contributed by atoms with Gasteiger partial charge < -0.3 is 10.2 Å². The molecule has 1 aromatic carbocycles. The van der Waals surface area contributed by atoms with Gasteiger partial charge in [-0.2, -0.15) is 0 Å². The fraction of sp³-hybridized carbons (Fsp3) is 0.231. The zero-order valence-electron chi connectivity index (χ0n) is 9.60. The van der Waals surface area contributed by atoms with Crippen molar-refractivity contribution in [1.29, 1.82) is 0 Å². The topological polar surface area (TPSA) is 15.3 Å². The van der Waals surface area contributed by atoms with Crippen molar-refractivity contribution in [1.82, 2.24) is 0 Å². The zero-order chi connectivity index (χ0) is 11.4. The van der Waals surface area contributed by atoms with Crippen LogP contribution in [0.4, 0.5) is 11.4 Å². The van der Waals surface area contributed by atoms with Crippen LogP contribution in [0.25, 0.3) is 0 Å². The number of anilines is 2. The molecule has 0 aliphatic rings. The molecule has 0 radical (unpaired) electrons. The Bertz CT molecular complexity index is 420. The first kappa shape index (κ1) is 11.0. The van der Waals surface area contributed by atoms with E-state index < -0.39 is 0 Å². The van der Waals surface area contributed by atoms with Crippen LogP contribution in [0.2, 0.25) is 0 Å². The standard InChI is InChI=1S/C13H16N2S/c1-14-11-5-7-12(8-6-11)15(2)10-13-4-3-9-16-13/h3-9,14H,10H2,1-2H3. The van der Waals surface area contributed by atoms with Crippen molar-refractivity contribution in [3.05, 3.63) is 46.7 Å². The summed E-state index contributed by atoms with van der Waals surface area (Å²) in [7, 11) is 4.05. The highest BCUT2D eigenvalue weighted by Crippen LogP contribution is 2.19. The Kier molecular flexibility index (Phi) is 3.47. The van der Waals surface area contributed by atoms with Gasteiger partial charge in [-0.15, -0.1) is 11.3 Å². The predicted octanol–water partition coefficient (Wildman–Crippen LogP) is 3.43. The summed E-state index contributed by atoms with van der Waals surface area (Å²) in [6.07, 6.45) is 0. The highest BCUT2D eigenvalue weighted by atomic mass is 32.1. The van der Waals surface area contributed by atoms with E-state index in [1.165, 1.54) is 10.6 Å². The molecule has 0 amide bonds. The summed E-state index contributed by atoms with van der Waals surface area (Å²) in [5.74, 6) is 0. The van der Waals surface area contributed by atoms with Crippen molar-refractivity contribution >= 4 is 22.7 Å². The molecule has 84 valence electrons. The Morgan fingerprint density at radius 2 is 1.94 bits per heavy atom. The minimum absolute atomic E-state index is 0.969. The molecule has 1 aromatic heterocycles. The van der Waals surface area contributed by atoms with Gasteiger partial charge in [0.1, 0.15) is 0 Å². The monoisotopic (exact) mass is 232 g/mol. The molecule has 0 unspecified atom stereocenters. The van der Waals surface area contributed by atoms with Crippen LogP contribution in [-0.2, 0) is 6.54 Å². The van der Waals surface area contributed by atoms with Crippen molar-refractivity contribution in [3.8, 4) is 0 Å². The lowest BCUT2D eigenvalue weighted by Gasteiger charge is -2.18. The summed E-state index contributed by atoms with van der Waals surface area (Å²) in [5.41, 5.74) is 2.39. The fourth-order valence-electron chi connectivity index (χ4n) is 1.61. The number of hydrogen-bond acceptors (Lipinski definition) is 3. The summed E-state index contributed by atoms with van der Waals surface area (Å²) in [5, 5.41) is 5.24. The predicted molar refractivity (Wildman–Crippen MR) is 72.4 cm³/mol. The number of rotatable bonds is 4. The molecule has 0 spiro atoms. The van der Waals surface area contributed by atoms with Gasteiger partial charge in [0, 0.05) is 30.3 Å². The van der Waals surface area contributed by atoms with Crippen LogP contribution in [0.5, 0.6) is 0 Å². The van der Waals surface area contributed by atoms with Crippen molar-refractivity contribution in [2.24, 2.45) is 0 Å². The minimum atomic E-state index is 0.969. The van der Waals surface area contributed by atoms with Crippen LogP contribution >= 0.6 is 11.3 Å². The first-order valence-electron chi connectivity index (χ1n) is 5.31. The van der Waals surface area contributed by atoms with E-state index in [4.69, 9.17) is 0 Å². The van der Waals surface area contributed by atoms with E-state index in [0.717, 1.165) is 12.2 Å². The smallest absolute Gasteiger partial charge is 0.0519 e. The van der Waals surface area contributed by atoms with Crippen LogP contribution in [0, 0.1) is 0 Å². The molecule has 1 heterocycles. The minimum Gasteiger partial charge on any atom is -0.388 e. The maximum Gasteiger partial charge on any atom is 0.0519 e. The van der Waals surface area contributed by atoms with Gasteiger partial charge in [-0.1, -0.05) is 6.07 Å². The Morgan fingerprint density at radius 3 is 2.50 bits per heavy atom. The lowest BCUT2D eigenvalue weighted by Crippen LogP contribution is -2.15. The van der Waals surface area contributed by atoms with E-state index in [2.05, 4.69) is 59.0 Å². The van der Waals surface area contributed by atoms with Gasteiger partial charge in [-0.25, -0.2) is 0 Å². The molecular weight excluding hydrogens is 216 g/mol. The van der Waals surface area contributed by atoms with Crippen LogP contribution in [0.3, 0.4) is 0 Å². The Balaban J connectivity index is 2.05. The molecule has 2 nitrogen and oxygen atoms in total. The lowest BCUT2D eigenvalue weighted by molar-refractivity contribution is 0.940. The van der Waals surface area contributed by atoms with E-state index in [-0.39, 0.29) is 0 Å². The average molecular weight is 232 g/mol. The molecule has 0 fully saturated rings. The number of nitrogens with one attached hydrogen (secondary N) is 1. The molecule has 0 atom stereocenters. The highest BCUT2D eigenvalue weighted by Gasteiger charge is 2.02. The molecule has 16 heavy (non-hydrogen) atoms. The summed E-state index contributed by atoms with van der Waals surface area (Å²) >= 11 is 1.80. The van der Waals surface area contributed by atoms with E-state index in [9.17, 15) is 0 Å².